The molecule has 34 heavy (non-hydrogen) atoms. The molecule has 0 aliphatic heterocycles. The van der Waals surface area contributed by atoms with Gasteiger partial charge >= 0.3 is 0 Å². The third-order valence-corrected chi connectivity index (χ3v) is 7.27. The minimum absolute atomic E-state index is 0.131. The smallest absolute Gasteiger partial charge is 0.264 e. The second-order valence-electron chi connectivity index (χ2n) is 7.89. The molecule has 7 nitrogen and oxygen atoms in total. The summed E-state index contributed by atoms with van der Waals surface area (Å²) >= 11 is 0. The van der Waals surface area contributed by atoms with E-state index in [1.807, 2.05) is 39.0 Å². The predicted octanol–water partition coefficient (Wildman–Crippen LogP) is 4.01. The Balaban J connectivity index is 1.75. The fourth-order valence-electron chi connectivity index (χ4n) is 3.42. The van der Waals surface area contributed by atoms with Gasteiger partial charge in [-0.2, -0.15) is 0 Å². The highest BCUT2D eigenvalue weighted by molar-refractivity contribution is 7.92. The molecule has 0 bridgehead atoms. The maximum absolute atomic E-state index is 13.5. The zero-order chi connectivity index (χ0) is 24.7. The lowest BCUT2D eigenvalue weighted by Gasteiger charge is -2.26. The Morgan fingerprint density at radius 2 is 1.59 bits per heavy atom. The number of methoxy groups -OCH3 is 1. The van der Waals surface area contributed by atoms with Crippen LogP contribution in [-0.2, 0) is 14.8 Å². The third kappa shape index (κ3) is 5.88. The number of para-hydroxylation sites is 2. The van der Waals surface area contributed by atoms with Crippen LogP contribution in [0.15, 0.2) is 71.6 Å². The SMILES string of the molecule is COc1ccccc1OCCNC(=O)CN(c1cccc(C)c1C)S(=O)(=O)c1ccc(C)cc1. The highest BCUT2D eigenvalue weighted by Crippen LogP contribution is 2.29. The second kappa shape index (κ2) is 11.1. The Morgan fingerprint density at radius 3 is 2.26 bits per heavy atom. The van der Waals surface area contributed by atoms with Crippen LogP contribution >= 0.6 is 0 Å². The summed E-state index contributed by atoms with van der Waals surface area (Å²) in [4.78, 5) is 12.9. The maximum atomic E-state index is 13.5. The minimum atomic E-state index is -3.96. The van der Waals surface area contributed by atoms with Gasteiger partial charge in [-0.05, 0) is 62.2 Å². The van der Waals surface area contributed by atoms with Gasteiger partial charge in [0.25, 0.3) is 10.0 Å². The number of benzene rings is 3. The quantitative estimate of drug-likeness (QED) is 0.442. The van der Waals surface area contributed by atoms with Crippen LogP contribution < -0.4 is 19.1 Å². The topological polar surface area (TPSA) is 84.9 Å². The lowest BCUT2D eigenvalue weighted by molar-refractivity contribution is -0.119. The van der Waals surface area contributed by atoms with Crippen molar-refractivity contribution in [2.75, 3.05) is 31.1 Å². The maximum Gasteiger partial charge on any atom is 0.264 e. The first-order valence-electron chi connectivity index (χ1n) is 10.9. The van der Waals surface area contributed by atoms with E-state index in [4.69, 9.17) is 9.47 Å². The number of ether oxygens (including phenoxy) is 2. The number of carbonyl (C=O) groups is 1. The Hall–Kier alpha value is -3.52. The summed E-state index contributed by atoms with van der Waals surface area (Å²) in [6.45, 7) is 5.71. The second-order valence-corrected chi connectivity index (χ2v) is 9.76. The molecule has 3 aromatic rings. The standard InChI is InChI=1S/C26H30N2O5S/c1-19-12-14-22(15-13-19)34(30,31)28(23-9-7-8-20(2)21(23)3)18-26(29)27-16-17-33-25-11-6-5-10-24(25)32-4/h5-15H,16-18H2,1-4H3,(H,27,29). The van der Waals surface area contributed by atoms with E-state index in [0.717, 1.165) is 21.0 Å². The van der Waals surface area contributed by atoms with Crippen molar-refractivity contribution in [3.63, 3.8) is 0 Å². The van der Waals surface area contributed by atoms with Gasteiger partial charge in [0.05, 0.1) is 24.2 Å². The van der Waals surface area contributed by atoms with E-state index in [-0.39, 0.29) is 24.6 Å². The summed E-state index contributed by atoms with van der Waals surface area (Å²) in [6.07, 6.45) is 0. The lowest BCUT2D eigenvalue weighted by atomic mass is 10.1. The van der Waals surface area contributed by atoms with Crippen LogP contribution in [0.1, 0.15) is 16.7 Å². The number of aryl methyl sites for hydroxylation is 2. The molecule has 0 saturated heterocycles. The Morgan fingerprint density at radius 1 is 0.912 bits per heavy atom. The van der Waals surface area contributed by atoms with Crippen LogP contribution in [0.3, 0.4) is 0 Å². The predicted molar refractivity (Wildman–Crippen MR) is 133 cm³/mol. The summed E-state index contributed by atoms with van der Waals surface area (Å²) in [7, 11) is -2.41. The molecule has 3 rings (SSSR count). The number of nitrogens with zero attached hydrogens (tertiary/aromatic N) is 1. The van der Waals surface area contributed by atoms with Gasteiger partial charge in [-0.3, -0.25) is 9.10 Å². The van der Waals surface area contributed by atoms with Crippen molar-refractivity contribution in [2.45, 2.75) is 25.7 Å². The van der Waals surface area contributed by atoms with E-state index in [0.29, 0.717) is 17.2 Å². The van der Waals surface area contributed by atoms with Gasteiger partial charge in [0.1, 0.15) is 13.2 Å². The molecule has 0 aromatic heterocycles. The van der Waals surface area contributed by atoms with Crippen molar-refractivity contribution >= 4 is 21.6 Å². The number of nitrogens with one attached hydrogen (secondary N) is 1. The van der Waals surface area contributed by atoms with Crippen LogP contribution in [0.5, 0.6) is 11.5 Å². The van der Waals surface area contributed by atoms with Crippen molar-refractivity contribution in [3.8, 4) is 11.5 Å². The largest absolute Gasteiger partial charge is 0.493 e. The average molecular weight is 483 g/mol. The minimum Gasteiger partial charge on any atom is -0.493 e. The number of anilines is 1. The highest BCUT2D eigenvalue weighted by Gasteiger charge is 2.28. The molecular formula is C26H30N2O5S. The van der Waals surface area contributed by atoms with Crippen molar-refractivity contribution in [1.82, 2.24) is 5.32 Å². The molecule has 180 valence electrons. The molecular weight excluding hydrogens is 452 g/mol. The van der Waals surface area contributed by atoms with Gasteiger partial charge in [-0.25, -0.2) is 8.42 Å². The van der Waals surface area contributed by atoms with Crippen molar-refractivity contribution < 1.29 is 22.7 Å². The van der Waals surface area contributed by atoms with E-state index in [1.165, 1.54) is 0 Å². The monoisotopic (exact) mass is 482 g/mol. The molecule has 0 unspecified atom stereocenters. The molecule has 0 heterocycles. The van der Waals surface area contributed by atoms with E-state index in [9.17, 15) is 13.2 Å². The van der Waals surface area contributed by atoms with Crippen molar-refractivity contribution in [3.05, 3.63) is 83.4 Å². The van der Waals surface area contributed by atoms with E-state index in [1.54, 1.807) is 55.6 Å². The Kier molecular flexibility index (Phi) is 8.17. The molecule has 0 aliphatic rings. The number of carbonyl (C=O) groups excluding carboxylic acids is 1. The third-order valence-electron chi connectivity index (χ3n) is 5.49. The molecule has 1 N–H and O–H groups in total. The van der Waals surface area contributed by atoms with E-state index >= 15 is 0 Å². The Bertz CT molecular complexity index is 1240. The van der Waals surface area contributed by atoms with Crippen molar-refractivity contribution in [2.24, 2.45) is 0 Å². The molecule has 0 atom stereocenters. The van der Waals surface area contributed by atoms with Gasteiger partial charge in [0.15, 0.2) is 11.5 Å². The van der Waals surface area contributed by atoms with Crippen molar-refractivity contribution in [1.29, 1.82) is 0 Å². The number of hydrogen-bond acceptors (Lipinski definition) is 5. The van der Waals surface area contributed by atoms with Crippen LogP contribution in [-0.4, -0.2) is 41.1 Å². The molecule has 1 amide bonds. The summed E-state index contributed by atoms with van der Waals surface area (Å²) in [5.74, 6) is 0.734. The first-order valence-corrected chi connectivity index (χ1v) is 12.4. The van der Waals surface area contributed by atoms with Gasteiger partial charge in [0.2, 0.25) is 5.91 Å². The van der Waals surface area contributed by atoms with Crippen LogP contribution in [0.2, 0.25) is 0 Å². The average Bonchev–Trinajstić information content (AvgIpc) is 2.82. The summed E-state index contributed by atoms with van der Waals surface area (Å²) < 4.78 is 39.2. The van der Waals surface area contributed by atoms with Crippen LogP contribution in [0.4, 0.5) is 5.69 Å². The zero-order valence-corrected chi connectivity index (χ0v) is 20.7. The first kappa shape index (κ1) is 25.1. The lowest BCUT2D eigenvalue weighted by Crippen LogP contribution is -2.42. The Labute approximate surface area is 201 Å². The van der Waals surface area contributed by atoms with Gasteiger partial charge < -0.3 is 14.8 Å². The normalized spacial score (nSPS) is 11.1. The molecule has 0 aliphatic carbocycles. The molecule has 0 radical (unpaired) electrons. The van der Waals surface area contributed by atoms with E-state index in [2.05, 4.69) is 5.32 Å². The summed E-state index contributed by atoms with van der Waals surface area (Å²) in [6, 6.07) is 19.2. The number of sulfonamides is 1. The van der Waals surface area contributed by atoms with Crippen LogP contribution in [0.25, 0.3) is 0 Å². The fourth-order valence-corrected chi connectivity index (χ4v) is 4.90. The number of hydrogen-bond donors (Lipinski definition) is 1. The molecule has 0 spiro atoms. The summed E-state index contributed by atoms with van der Waals surface area (Å²) in [5, 5.41) is 2.75. The number of amides is 1. The zero-order valence-electron chi connectivity index (χ0n) is 19.9. The molecule has 0 fully saturated rings. The van der Waals surface area contributed by atoms with Gasteiger partial charge in [-0.15, -0.1) is 0 Å². The van der Waals surface area contributed by atoms with E-state index < -0.39 is 15.9 Å². The van der Waals surface area contributed by atoms with Crippen LogP contribution in [0, 0.1) is 20.8 Å². The van der Waals surface area contributed by atoms with Gasteiger partial charge in [-0.1, -0.05) is 42.0 Å². The molecule has 3 aromatic carbocycles. The van der Waals surface area contributed by atoms with Gasteiger partial charge in [0, 0.05) is 0 Å². The molecule has 0 saturated carbocycles. The highest BCUT2D eigenvalue weighted by atomic mass is 32.2. The molecule has 8 heteroatoms. The fraction of sp³-hybridized carbons (Fsp3) is 0.269. The summed E-state index contributed by atoms with van der Waals surface area (Å²) in [5.41, 5.74) is 3.16. The first-order chi connectivity index (χ1) is 16.2. The number of rotatable bonds is 10.